The van der Waals surface area contributed by atoms with E-state index in [0.717, 1.165) is 12.8 Å². The zero-order valence-electron chi connectivity index (χ0n) is 8.56. The van der Waals surface area contributed by atoms with E-state index in [2.05, 4.69) is 20.9 Å². The van der Waals surface area contributed by atoms with Crippen LogP contribution in [-0.4, -0.2) is 30.8 Å². The van der Waals surface area contributed by atoms with E-state index in [1.807, 2.05) is 0 Å². The highest BCUT2D eigenvalue weighted by molar-refractivity contribution is 9.10. The molecule has 1 fully saturated rings. The van der Waals surface area contributed by atoms with Crippen molar-refractivity contribution < 1.29 is 8.42 Å². The minimum absolute atomic E-state index is 0.0510. The van der Waals surface area contributed by atoms with Gasteiger partial charge in [0, 0.05) is 23.8 Å². The first kappa shape index (κ1) is 11.8. The summed E-state index contributed by atoms with van der Waals surface area (Å²) in [7, 11) is -3.48. The second-order valence-electron chi connectivity index (χ2n) is 3.65. The lowest BCUT2D eigenvalue weighted by Crippen LogP contribution is -2.28. The topological polar surface area (TPSA) is 76.3 Å². The maximum atomic E-state index is 12.2. The molecule has 0 aliphatic carbocycles. The van der Waals surface area contributed by atoms with E-state index in [9.17, 15) is 8.42 Å². The smallest absolute Gasteiger partial charge is 0.246 e. The lowest BCUT2D eigenvalue weighted by atomic mass is 10.4. The normalized spacial score (nSPS) is 17.8. The van der Waals surface area contributed by atoms with Gasteiger partial charge in [0.1, 0.15) is 10.7 Å². The van der Waals surface area contributed by atoms with Gasteiger partial charge in [-0.25, -0.2) is 13.4 Å². The molecule has 2 heterocycles. The third kappa shape index (κ3) is 2.07. The van der Waals surface area contributed by atoms with Crippen LogP contribution in [0.3, 0.4) is 0 Å². The van der Waals surface area contributed by atoms with Crippen LogP contribution in [0.1, 0.15) is 12.8 Å². The molecule has 7 heteroatoms. The Kier molecular flexibility index (Phi) is 3.18. The summed E-state index contributed by atoms with van der Waals surface area (Å²) in [5.74, 6) is 0.0510. The molecule has 5 nitrogen and oxygen atoms in total. The van der Waals surface area contributed by atoms with Gasteiger partial charge in [0.2, 0.25) is 10.0 Å². The van der Waals surface area contributed by atoms with Crippen molar-refractivity contribution in [3.63, 3.8) is 0 Å². The number of rotatable bonds is 2. The third-order valence-corrected chi connectivity index (χ3v) is 4.89. The molecule has 2 rings (SSSR count). The van der Waals surface area contributed by atoms with Crippen LogP contribution in [0.4, 0.5) is 5.82 Å². The summed E-state index contributed by atoms with van der Waals surface area (Å²) in [4.78, 5) is 3.93. The Morgan fingerprint density at radius 3 is 2.62 bits per heavy atom. The first-order valence-corrected chi connectivity index (χ1v) is 7.16. The first-order chi connectivity index (χ1) is 7.51. The Labute approximate surface area is 103 Å². The number of hydrogen-bond acceptors (Lipinski definition) is 4. The van der Waals surface area contributed by atoms with Crippen LogP contribution in [0.2, 0.25) is 0 Å². The largest absolute Gasteiger partial charge is 0.383 e. The van der Waals surface area contributed by atoms with Gasteiger partial charge in [-0.05, 0) is 34.8 Å². The fourth-order valence-electron chi connectivity index (χ4n) is 1.71. The molecule has 0 spiro atoms. The number of aromatic nitrogens is 1. The molecule has 1 aromatic heterocycles. The van der Waals surface area contributed by atoms with E-state index in [0.29, 0.717) is 17.6 Å². The van der Waals surface area contributed by atoms with Gasteiger partial charge >= 0.3 is 0 Å². The van der Waals surface area contributed by atoms with Gasteiger partial charge in [-0.1, -0.05) is 0 Å². The maximum Gasteiger partial charge on any atom is 0.246 e. The molecule has 88 valence electrons. The number of pyridine rings is 1. The zero-order valence-corrected chi connectivity index (χ0v) is 11.0. The van der Waals surface area contributed by atoms with E-state index in [4.69, 9.17) is 5.73 Å². The van der Waals surface area contributed by atoms with Crippen LogP contribution in [0.25, 0.3) is 0 Å². The summed E-state index contributed by atoms with van der Waals surface area (Å²) in [5.41, 5.74) is 5.61. The number of halogens is 1. The molecule has 0 aromatic carbocycles. The maximum absolute atomic E-state index is 12.2. The van der Waals surface area contributed by atoms with Gasteiger partial charge in [-0.2, -0.15) is 4.31 Å². The van der Waals surface area contributed by atoms with Crippen LogP contribution >= 0.6 is 15.9 Å². The lowest BCUT2D eigenvalue weighted by Gasteiger charge is -2.16. The Bertz CT molecular complexity index is 497. The fraction of sp³-hybridized carbons (Fsp3) is 0.444. The molecule has 1 saturated heterocycles. The highest BCUT2D eigenvalue weighted by atomic mass is 79.9. The standard InChI is InChI=1S/C9H12BrN3O2S/c10-7-5-8(9(11)12-6-7)16(14,15)13-3-1-2-4-13/h5-6H,1-4H2,(H2,11,12). The summed E-state index contributed by atoms with van der Waals surface area (Å²) < 4.78 is 26.4. The van der Waals surface area contributed by atoms with Gasteiger partial charge in [-0.15, -0.1) is 0 Å². The molecule has 0 amide bonds. The van der Waals surface area contributed by atoms with Crippen molar-refractivity contribution in [1.82, 2.24) is 9.29 Å². The zero-order chi connectivity index (χ0) is 11.8. The van der Waals surface area contributed by atoms with Crippen molar-refractivity contribution >= 4 is 31.8 Å². The third-order valence-electron chi connectivity index (χ3n) is 2.53. The number of nitrogens with zero attached hydrogens (tertiary/aromatic N) is 2. The molecule has 0 atom stereocenters. The monoisotopic (exact) mass is 305 g/mol. The first-order valence-electron chi connectivity index (χ1n) is 4.93. The van der Waals surface area contributed by atoms with Gasteiger partial charge < -0.3 is 5.73 Å². The molecule has 2 N–H and O–H groups in total. The van der Waals surface area contributed by atoms with E-state index >= 15 is 0 Å². The van der Waals surface area contributed by atoms with E-state index in [1.165, 1.54) is 16.6 Å². The van der Waals surface area contributed by atoms with Crippen LogP contribution in [0.15, 0.2) is 21.6 Å². The fourth-order valence-corrected chi connectivity index (χ4v) is 3.80. The molecule has 0 bridgehead atoms. The Hall–Kier alpha value is -0.660. The average Bonchev–Trinajstić information content (AvgIpc) is 2.75. The molecule has 0 radical (unpaired) electrons. The van der Waals surface area contributed by atoms with Crippen molar-refractivity contribution in [2.45, 2.75) is 17.7 Å². The number of anilines is 1. The number of hydrogen-bond donors (Lipinski definition) is 1. The number of nitrogen functional groups attached to an aromatic ring is 1. The predicted molar refractivity (Wildman–Crippen MR) is 64.3 cm³/mol. The van der Waals surface area contributed by atoms with Crippen LogP contribution in [0, 0.1) is 0 Å². The molecule has 1 aliphatic heterocycles. The molecule has 16 heavy (non-hydrogen) atoms. The van der Waals surface area contributed by atoms with Crippen molar-refractivity contribution in [2.75, 3.05) is 18.8 Å². The van der Waals surface area contributed by atoms with Crippen LogP contribution in [0.5, 0.6) is 0 Å². The Balaban J connectivity index is 2.46. The van der Waals surface area contributed by atoms with Crippen LogP contribution in [-0.2, 0) is 10.0 Å². The lowest BCUT2D eigenvalue weighted by molar-refractivity contribution is 0.477. The van der Waals surface area contributed by atoms with Crippen molar-refractivity contribution in [1.29, 1.82) is 0 Å². The van der Waals surface area contributed by atoms with Crippen LogP contribution < -0.4 is 5.73 Å². The second-order valence-corrected chi connectivity index (χ2v) is 6.47. The Morgan fingerprint density at radius 1 is 1.38 bits per heavy atom. The summed E-state index contributed by atoms with van der Waals surface area (Å²) in [6, 6.07) is 1.50. The van der Waals surface area contributed by atoms with Gasteiger partial charge in [0.15, 0.2) is 0 Å². The summed E-state index contributed by atoms with van der Waals surface area (Å²) in [6.45, 7) is 1.13. The van der Waals surface area contributed by atoms with E-state index < -0.39 is 10.0 Å². The van der Waals surface area contributed by atoms with Crippen molar-refractivity contribution in [3.05, 3.63) is 16.7 Å². The molecule has 0 saturated carbocycles. The Morgan fingerprint density at radius 2 is 2.00 bits per heavy atom. The van der Waals surface area contributed by atoms with E-state index in [-0.39, 0.29) is 10.7 Å². The summed E-state index contributed by atoms with van der Waals surface area (Å²) >= 11 is 3.20. The van der Waals surface area contributed by atoms with Crippen molar-refractivity contribution in [3.8, 4) is 0 Å². The molecular formula is C9H12BrN3O2S. The SMILES string of the molecule is Nc1ncc(Br)cc1S(=O)(=O)N1CCCC1. The second kappa shape index (κ2) is 4.31. The van der Waals surface area contributed by atoms with Gasteiger partial charge in [0.25, 0.3) is 0 Å². The quantitative estimate of drug-likeness (QED) is 0.891. The van der Waals surface area contributed by atoms with Crippen molar-refractivity contribution in [2.24, 2.45) is 0 Å². The summed E-state index contributed by atoms with van der Waals surface area (Å²) in [6.07, 6.45) is 3.29. The average molecular weight is 306 g/mol. The molecule has 1 aromatic rings. The minimum Gasteiger partial charge on any atom is -0.383 e. The summed E-state index contributed by atoms with van der Waals surface area (Å²) in [5, 5.41) is 0. The molecule has 1 aliphatic rings. The number of sulfonamides is 1. The highest BCUT2D eigenvalue weighted by Gasteiger charge is 2.29. The van der Waals surface area contributed by atoms with E-state index in [1.54, 1.807) is 0 Å². The minimum atomic E-state index is -3.48. The molecular weight excluding hydrogens is 294 g/mol. The van der Waals surface area contributed by atoms with Gasteiger partial charge in [-0.3, -0.25) is 0 Å². The molecule has 0 unspecified atom stereocenters. The predicted octanol–water partition coefficient (Wildman–Crippen LogP) is 1.21. The van der Waals surface area contributed by atoms with Gasteiger partial charge in [0.05, 0.1) is 0 Å². The highest BCUT2D eigenvalue weighted by Crippen LogP contribution is 2.26. The number of nitrogens with two attached hydrogens (primary N) is 1.